The largest absolute Gasteiger partial charge is 0.416 e. The van der Waals surface area contributed by atoms with Crippen molar-refractivity contribution < 1.29 is 22.4 Å². The van der Waals surface area contributed by atoms with Crippen LogP contribution in [0.3, 0.4) is 0 Å². The fourth-order valence-corrected chi connectivity index (χ4v) is 3.06. The molecule has 1 aliphatic rings. The number of rotatable bonds is 3. The minimum atomic E-state index is -4.49. The first-order valence-electron chi connectivity index (χ1n) is 8.33. The van der Waals surface area contributed by atoms with Gasteiger partial charge in [-0.25, -0.2) is 4.39 Å². The van der Waals surface area contributed by atoms with Gasteiger partial charge in [0.05, 0.1) is 11.1 Å². The number of nitrogens with one attached hydrogen (secondary N) is 2. The maximum atomic E-state index is 13.7. The van der Waals surface area contributed by atoms with E-state index in [0.717, 1.165) is 43.7 Å². The van der Waals surface area contributed by atoms with Gasteiger partial charge in [-0.05, 0) is 54.8 Å². The lowest BCUT2D eigenvalue weighted by molar-refractivity contribution is -0.137. The van der Waals surface area contributed by atoms with E-state index in [4.69, 9.17) is 0 Å². The van der Waals surface area contributed by atoms with Crippen LogP contribution in [-0.4, -0.2) is 25.0 Å². The topological polar surface area (TPSA) is 41.1 Å². The van der Waals surface area contributed by atoms with Gasteiger partial charge in [-0.15, -0.1) is 12.4 Å². The van der Waals surface area contributed by atoms with Crippen molar-refractivity contribution in [1.29, 1.82) is 0 Å². The van der Waals surface area contributed by atoms with Crippen molar-refractivity contribution in [3.8, 4) is 11.1 Å². The second-order valence-electron chi connectivity index (χ2n) is 6.29. The smallest absolute Gasteiger partial charge is 0.348 e. The molecule has 1 amide bonds. The van der Waals surface area contributed by atoms with E-state index in [1.165, 1.54) is 18.2 Å². The van der Waals surface area contributed by atoms with Gasteiger partial charge in [-0.2, -0.15) is 13.2 Å². The third kappa shape index (κ3) is 5.20. The molecule has 1 atom stereocenters. The van der Waals surface area contributed by atoms with Crippen LogP contribution in [0.5, 0.6) is 0 Å². The third-order valence-corrected chi connectivity index (χ3v) is 4.36. The molecule has 3 nitrogen and oxygen atoms in total. The van der Waals surface area contributed by atoms with Gasteiger partial charge in [-0.3, -0.25) is 4.79 Å². The number of benzene rings is 2. The summed E-state index contributed by atoms with van der Waals surface area (Å²) in [5.41, 5.74) is -0.317. The molecule has 0 radical (unpaired) electrons. The van der Waals surface area contributed by atoms with E-state index < -0.39 is 23.5 Å². The number of piperidine rings is 1. The molecule has 2 N–H and O–H groups in total. The molecule has 0 spiro atoms. The summed E-state index contributed by atoms with van der Waals surface area (Å²) in [6.07, 6.45) is -2.78. The van der Waals surface area contributed by atoms with Crippen molar-refractivity contribution in [3.63, 3.8) is 0 Å². The van der Waals surface area contributed by atoms with Crippen LogP contribution in [0.4, 0.5) is 17.6 Å². The molecule has 0 bridgehead atoms. The second kappa shape index (κ2) is 8.71. The average Bonchev–Trinajstić information content (AvgIpc) is 2.62. The number of halogens is 5. The molecule has 1 heterocycles. The van der Waals surface area contributed by atoms with E-state index in [0.29, 0.717) is 6.54 Å². The minimum Gasteiger partial charge on any atom is -0.348 e. The first-order chi connectivity index (χ1) is 12.3. The summed E-state index contributed by atoms with van der Waals surface area (Å²) in [6.45, 7) is 1.49. The number of carbonyl (C=O) groups excluding carboxylic acids is 1. The fraction of sp³-hybridized carbons (Fsp3) is 0.316. The summed E-state index contributed by atoms with van der Waals surface area (Å²) in [5.74, 6) is -1.11. The third-order valence-electron chi connectivity index (χ3n) is 4.36. The lowest BCUT2D eigenvalue weighted by atomic mass is 9.96. The first-order valence-corrected chi connectivity index (χ1v) is 8.33. The molecule has 27 heavy (non-hydrogen) atoms. The number of amides is 1. The molecule has 0 aliphatic carbocycles. The summed E-state index contributed by atoms with van der Waals surface area (Å²) < 4.78 is 52.6. The molecular weight excluding hydrogens is 384 g/mol. The van der Waals surface area contributed by atoms with E-state index in [-0.39, 0.29) is 35.1 Å². The lowest BCUT2D eigenvalue weighted by Gasteiger charge is -2.24. The minimum absolute atomic E-state index is 0. The number of alkyl halides is 3. The van der Waals surface area contributed by atoms with Crippen LogP contribution in [0, 0.1) is 5.82 Å². The van der Waals surface area contributed by atoms with Gasteiger partial charge in [0, 0.05) is 12.6 Å². The highest BCUT2D eigenvalue weighted by Gasteiger charge is 2.30. The van der Waals surface area contributed by atoms with Crippen LogP contribution in [-0.2, 0) is 6.18 Å². The zero-order valence-corrected chi connectivity index (χ0v) is 15.1. The molecule has 2 aromatic rings. The van der Waals surface area contributed by atoms with Crippen molar-refractivity contribution in [2.45, 2.75) is 25.1 Å². The molecular formula is C19H19ClF4N2O. The molecule has 1 aliphatic heterocycles. The van der Waals surface area contributed by atoms with Crippen molar-refractivity contribution in [2.24, 2.45) is 0 Å². The molecule has 3 rings (SSSR count). The van der Waals surface area contributed by atoms with E-state index in [9.17, 15) is 22.4 Å². The van der Waals surface area contributed by atoms with Gasteiger partial charge in [0.2, 0.25) is 0 Å². The average molecular weight is 403 g/mol. The van der Waals surface area contributed by atoms with Gasteiger partial charge in [0.1, 0.15) is 5.82 Å². The Labute approximate surface area is 160 Å². The fourth-order valence-electron chi connectivity index (χ4n) is 3.06. The monoisotopic (exact) mass is 402 g/mol. The van der Waals surface area contributed by atoms with Crippen molar-refractivity contribution >= 4 is 18.3 Å². The second-order valence-corrected chi connectivity index (χ2v) is 6.29. The molecule has 1 fully saturated rings. The van der Waals surface area contributed by atoms with E-state index in [2.05, 4.69) is 10.6 Å². The van der Waals surface area contributed by atoms with Crippen LogP contribution in [0.1, 0.15) is 28.8 Å². The maximum absolute atomic E-state index is 13.7. The Morgan fingerprint density at radius 2 is 1.93 bits per heavy atom. The Balaban J connectivity index is 0.00000261. The predicted octanol–water partition coefficient (Wildman–Crippen LogP) is 4.42. The predicted molar refractivity (Wildman–Crippen MR) is 97.4 cm³/mol. The SMILES string of the molecule is Cl.O=C(NC1CCCNC1)c1cc(F)ccc1-c1cccc(C(F)(F)F)c1. The van der Waals surface area contributed by atoms with Gasteiger partial charge in [0.15, 0.2) is 0 Å². The molecule has 0 saturated carbocycles. The number of carbonyl (C=O) groups is 1. The van der Waals surface area contributed by atoms with Crippen LogP contribution in [0.25, 0.3) is 11.1 Å². The molecule has 2 aromatic carbocycles. The van der Waals surface area contributed by atoms with Crippen LogP contribution in [0.15, 0.2) is 42.5 Å². The molecule has 1 saturated heterocycles. The summed E-state index contributed by atoms with van der Waals surface area (Å²) >= 11 is 0. The first kappa shape index (κ1) is 21.2. The van der Waals surface area contributed by atoms with Gasteiger partial charge in [0.25, 0.3) is 5.91 Å². The summed E-state index contributed by atoms with van der Waals surface area (Å²) in [4.78, 5) is 12.6. The lowest BCUT2D eigenvalue weighted by Crippen LogP contribution is -2.45. The Morgan fingerprint density at radius 3 is 2.59 bits per heavy atom. The molecule has 146 valence electrons. The van der Waals surface area contributed by atoms with E-state index >= 15 is 0 Å². The van der Waals surface area contributed by atoms with Gasteiger partial charge in [-0.1, -0.05) is 18.2 Å². The Morgan fingerprint density at radius 1 is 1.15 bits per heavy atom. The number of hydrogen-bond donors (Lipinski definition) is 2. The zero-order valence-electron chi connectivity index (χ0n) is 14.3. The quantitative estimate of drug-likeness (QED) is 0.746. The highest BCUT2D eigenvalue weighted by atomic mass is 35.5. The Kier molecular flexibility index (Phi) is 6.84. The Bertz CT molecular complexity index is 805. The van der Waals surface area contributed by atoms with E-state index in [1.807, 2.05) is 0 Å². The van der Waals surface area contributed by atoms with Gasteiger partial charge >= 0.3 is 6.18 Å². The molecule has 1 unspecified atom stereocenters. The highest BCUT2D eigenvalue weighted by Crippen LogP contribution is 2.33. The maximum Gasteiger partial charge on any atom is 0.416 e. The highest BCUT2D eigenvalue weighted by molar-refractivity contribution is 6.01. The summed E-state index contributed by atoms with van der Waals surface area (Å²) in [6, 6.07) is 8.10. The summed E-state index contributed by atoms with van der Waals surface area (Å²) in [5, 5.41) is 5.99. The molecule has 8 heteroatoms. The van der Waals surface area contributed by atoms with Crippen molar-refractivity contribution in [1.82, 2.24) is 10.6 Å². The van der Waals surface area contributed by atoms with Crippen molar-refractivity contribution in [3.05, 3.63) is 59.4 Å². The normalized spacial score (nSPS) is 17.1. The van der Waals surface area contributed by atoms with E-state index in [1.54, 1.807) is 0 Å². The summed E-state index contributed by atoms with van der Waals surface area (Å²) in [7, 11) is 0. The van der Waals surface area contributed by atoms with Crippen molar-refractivity contribution in [2.75, 3.05) is 13.1 Å². The van der Waals surface area contributed by atoms with Crippen LogP contribution in [0.2, 0.25) is 0 Å². The number of hydrogen-bond acceptors (Lipinski definition) is 2. The van der Waals surface area contributed by atoms with Crippen LogP contribution < -0.4 is 10.6 Å². The van der Waals surface area contributed by atoms with Crippen LogP contribution >= 0.6 is 12.4 Å². The van der Waals surface area contributed by atoms with Gasteiger partial charge < -0.3 is 10.6 Å². The molecule has 0 aromatic heterocycles. The zero-order chi connectivity index (χ0) is 18.7. The standard InChI is InChI=1S/C19H18F4N2O.ClH/c20-14-6-7-16(12-3-1-4-13(9-12)19(21,22)23)17(10-14)18(26)25-15-5-2-8-24-11-15;/h1,3-4,6-7,9-10,15,24H,2,5,8,11H2,(H,25,26);1H. The Hall–Kier alpha value is -2.12.